The fraction of sp³-hybridized carbons (Fsp3) is 0.200. The van der Waals surface area contributed by atoms with Crippen molar-refractivity contribution < 1.29 is 5.11 Å². The van der Waals surface area contributed by atoms with Gasteiger partial charge in [0.1, 0.15) is 0 Å². The first-order valence-corrected chi connectivity index (χ1v) is 6.94. The quantitative estimate of drug-likeness (QED) is 0.885. The van der Waals surface area contributed by atoms with Gasteiger partial charge < -0.3 is 5.11 Å². The first-order valence-electron chi connectivity index (χ1n) is 5.74. The molecule has 0 aliphatic carbocycles. The van der Waals surface area contributed by atoms with E-state index < -0.39 is 0 Å². The molecule has 0 aromatic heterocycles. The normalized spacial score (nSPS) is 10.7. The van der Waals surface area contributed by atoms with Crippen LogP contribution in [0.3, 0.4) is 0 Å². The number of hydrogen-bond donors (Lipinski definition) is 1. The van der Waals surface area contributed by atoms with Crippen LogP contribution in [0.2, 0.25) is 5.02 Å². The third-order valence-corrected chi connectivity index (χ3v) is 4.27. The number of hydrogen-bond acceptors (Lipinski definition) is 2. The minimum absolute atomic E-state index is 0.0205. The lowest BCUT2D eigenvalue weighted by Gasteiger charge is -2.08. The number of rotatable bonds is 3. The highest BCUT2D eigenvalue weighted by Crippen LogP contribution is 2.33. The van der Waals surface area contributed by atoms with Crippen LogP contribution in [0.25, 0.3) is 0 Å². The molecule has 0 aliphatic rings. The van der Waals surface area contributed by atoms with Crippen molar-refractivity contribution >= 4 is 23.4 Å². The Bertz CT molecular complexity index is 566. The maximum Gasteiger partial charge on any atom is 0.0696 e. The molecule has 0 unspecified atom stereocenters. The lowest BCUT2D eigenvalue weighted by Crippen LogP contribution is -1.86. The second-order valence-electron chi connectivity index (χ2n) is 4.28. The van der Waals surface area contributed by atoms with Gasteiger partial charge in [0, 0.05) is 14.8 Å². The highest BCUT2D eigenvalue weighted by Gasteiger charge is 2.04. The zero-order chi connectivity index (χ0) is 13.1. The summed E-state index contributed by atoms with van der Waals surface area (Å²) in [4.78, 5) is 2.32. The Morgan fingerprint density at radius 2 is 1.89 bits per heavy atom. The van der Waals surface area contributed by atoms with E-state index in [9.17, 15) is 0 Å². The minimum Gasteiger partial charge on any atom is -0.392 e. The van der Waals surface area contributed by atoms with Crippen molar-refractivity contribution in [3.8, 4) is 0 Å². The topological polar surface area (TPSA) is 20.2 Å². The molecular weight excluding hydrogens is 264 g/mol. The van der Waals surface area contributed by atoms with Crippen molar-refractivity contribution in [1.82, 2.24) is 0 Å². The Morgan fingerprint density at radius 3 is 2.50 bits per heavy atom. The number of aliphatic hydroxyl groups excluding tert-OH is 1. The van der Waals surface area contributed by atoms with E-state index in [-0.39, 0.29) is 6.61 Å². The molecule has 0 bridgehead atoms. The van der Waals surface area contributed by atoms with Crippen LogP contribution >= 0.6 is 23.4 Å². The standard InChI is InChI=1S/C15H15ClOS/c1-10-3-6-15(11(2)7-10)18-13-5-4-12(9-17)14(16)8-13/h3-8,17H,9H2,1-2H3. The molecule has 0 radical (unpaired) electrons. The van der Waals surface area contributed by atoms with E-state index in [1.807, 2.05) is 18.2 Å². The van der Waals surface area contributed by atoms with Gasteiger partial charge in [-0.15, -0.1) is 0 Å². The largest absolute Gasteiger partial charge is 0.392 e. The van der Waals surface area contributed by atoms with Crippen LogP contribution in [0.1, 0.15) is 16.7 Å². The molecule has 0 saturated carbocycles. The van der Waals surface area contributed by atoms with E-state index >= 15 is 0 Å². The Kier molecular flexibility index (Phi) is 4.33. The number of aliphatic hydroxyl groups is 1. The molecule has 18 heavy (non-hydrogen) atoms. The molecule has 1 nitrogen and oxygen atoms in total. The van der Waals surface area contributed by atoms with Crippen LogP contribution in [-0.2, 0) is 6.61 Å². The number of benzene rings is 2. The molecular formula is C15H15ClOS. The van der Waals surface area contributed by atoms with E-state index in [0.717, 1.165) is 10.5 Å². The molecule has 2 aromatic rings. The Balaban J connectivity index is 2.26. The van der Waals surface area contributed by atoms with Gasteiger partial charge in [0.2, 0.25) is 0 Å². The molecule has 2 rings (SSSR count). The second kappa shape index (κ2) is 5.79. The van der Waals surface area contributed by atoms with E-state index in [0.29, 0.717) is 5.02 Å². The summed E-state index contributed by atoms with van der Waals surface area (Å²) >= 11 is 7.78. The average molecular weight is 279 g/mol. The predicted octanol–water partition coefficient (Wildman–Crippen LogP) is 4.60. The van der Waals surface area contributed by atoms with Crippen molar-refractivity contribution in [3.63, 3.8) is 0 Å². The van der Waals surface area contributed by atoms with E-state index in [4.69, 9.17) is 16.7 Å². The number of aryl methyl sites for hydroxylation is 2. The smallest absolute Gasteiger partial charge is 0.0696 e. The molecule has 0 fully saturated rings. The van der Waals surface area contributed by atoms with E-state index in [2.05, 4.69) is 32.0 Å². The van der Waals surface area contributed by atoms with Gasteiger partial charge in [-0.25, -0.2) is 0 Å². The Hall–Kier alpha value is -0.960. The summed E-state index contributed by atoms with van der Waals surface area (Å²) in [7, 11) is 0. The second-order valence-corrected chi connectivity index (χ2v) is 5.80. The van der Waals surface area contributed by atoms with Gasteiger partial charge in [-0.05, 0) is 43.2 Å². The molecule has 0 amide bonds. The van der Waals surface area contributed by atoms with Crippen molar-refractivity contribution in [1.29, 1.82) is 0 Å². The lowest BCUT2D eigenvalue weighted by molar-refractivity contribution is 0.282. The first-order chi connectivity index (χ1) is 8.60. The van der Waals surface area contributed by atoms with Crippen LogP contribution < -0.4 is 0 Å². The monoisotopic (exact) mass is 278 g/mol. The maximum atomic E-state index is 9.08. The summed E-state index contributed by atoms with van der Waals surface area (Å²) in [5.74, 6) is 0. The van der Waals surface area contributed by atoms with Crippen molar-refractivity contribution in [2.75, 3.05) is 0 Å². The molecule has 0 aliphatic heterocycles. The third-order valence-electron chi connectivity index (χ3n) is 2.75. The van der Waals surface area contributed by atoms with Crippen LogP contribution in [0.4, 0.5) is 0 Å². The van der Waals surface area contributed by atoms with Crippen LogP contribution in [0, 0.1) is 13.8 Å². The molecule has 0 atom stereocenters. The lowest BCUT2D eigenvalue weighted by atomic mass is 10.2. The van der Waals surface area contributed by atoms with Crippen LogP contribution in [-0.4, -0.2) is 5.11 Å². The molecule has 2 aromatic carbocycles. The van der Waals surface area contributed by atoms with Gasteiger partial charge in [0.25, 0.3) is 0 Å². The van der Waals surface area contributed by atoms with E-state index in [1.165, 1.54) is 16.0 Å². The van der Waals surface area contributed by atoms with Gasteiger partial charge in [-0.3, -0.25) is 0 Å². The summed E-state index contributed by atoms with van der Waals surface area (Å²) in [6.45, 7) is 4.18. The molecule has 94 valence electrons. The zero-order valence-corrected chi connectivity index (χ0v) is 12.0. The summed E-state index contributed by atoms with van der Waals surface area (Å²) in [6.07, 6.45) is 0. The summed E-state index contributed by atoms with van der Waals surface area (Å²) in [5, 5.41) is 9.70. The highest BCUT2D eigenvalue weighted by molar-refractivity contribution is 7.99. The maximum absolute atomic E-state index is 9.08. The van der Waals surface area contributed by atoms with Crippen molar-refractivity contribution in [3.05, 3.63) is 58.1 Å². The summed E-state index contributed by atoms with van der Waals surface area (Å²) in [5.41, 5.74) is 3.30. The molecule has 0 saturated heterocycles. The number of halogens is 1. The van der Waals surface area contributed by atoms with Gasteiger partial charge in [-0.1, -0.05) is 47.1 Å². The van der Waals surface area contributed by atoms with Crippen molar-refractivity contribution in [2.45, 2.75) is 30.2 Å². The van der Waals surface area contributed by atoms with Gasteiger partial charge in [0.05, 0.1) is 6.61 Å². The van der Waals surface area contributed by atoms with Crippen LogP contribution in [0.5, 0.6) is 0 Å². The zero-order valence-electron chi connectivity index (χ0n) is 10.4. The first kappa shape index (κ1) is 13.5. The molecule has 3 heteroatoms. The summed E-state index contributed by atoms with van der Waals surface area (Å²) < 4.78 is 0. The van der Waals surface area contributed by atoms with Crippen molar-refractivity contribution in [2.24, 2.45) is 0 Å². The van der Waals surface area contributed by atoms with E-state index in [1.54, 1.807) is 11.8 Å². The van der Waals surface area contributed by atoms with Gasteiger partial charge >= 0.3 is 0 Å². The highest BCUT2D eigenvalue weighted by atomic mass is 35.5. The molecule has 1 N–H and O–H groups in total. The van der Waals surface area contributed by atoms with Crippen LogP contribution in [0.15, 0.2) is 46.2 Å². The summed E-state index contributed by atoms with van der Waals surface area (Å²) in [6, 6.07) is 12.2. The fourth-order valence-electron chi connectivity index (χ4n) is 1.76. The fourth-order valence-corrected chi connectivity index (χ4v) is 2.99. The van der Waals surface area contributed by atoms with Gasteiger partial charge in [0.15, 0.2) is 0 Å². The minimum atomic E-state index is -0.0205. The Morgan fingerprint density at radius 1 is 1.11 bits per heavy atom. The SMILES string of the molecule is Cc1ccc(Sc2ccc(CO)c(Cl)c2)c(C)c1. The predicted molar refractivity (Wildman–Crippen MR) is 77.4 cm³/mol. The average Bonchev–Trinajstić information content (AvgIpc) is 2.33. The Labute approximate surface area is 117 Å². The molecule has 0 spiro atoms. The third kappa shape index (κ3) is 3.08. The molecule has 0 heterocycles. The van der Waals surface area contributed by atoms with Gasteiger partial charge in [-0.2, -0.15) is 0 Å².